The zero-order valence-electron chi connectivity index (χ0n) is 5.63. The summed E-state index contributed by atoms with van der Waals surface area (Å²) >= 11 is 3.25. The van der Waals surface area contributed by atoms with E-state index in [2.05, 4.69) is 26.9 Å². The van der Waals surface area contributed by atoms with Gasteiger partial charge in [0, 0.05) is 7.05 Å². The van der Waals surface area contributed by atoms with Gasteiger partial charge >= 0.3 is 0 Å². The number of rotatable bonds is 1. The Balaban J connectivity index is 2.94. The lowest BCUT2D eigenvalue weighted by Crippen LogP contribution is -1.95. The SMILES string of the molecule is C#CCc1cc(Br)nn1C. The van der Waals surface area contributed by atoms with Crippen LogP contribution in [0, 0.1) is 12.3 Å². The van der Waals surface area contributed by atoms with Gasteiger partial charge in [0.2, 0.25) is 0 Å². The smallest absolute Gasteiger partial charge is 0.128 e. The Bertz CT molecular complexity index is 270. The monoisotopic (exact) mass is 198 g/mol. The Morgan fingerprint density at radius 2 is 2.60 bits per heavy atom. The molecule has 0 aliphatic rings. The van der Waals surface area contributed by atoms with Crippen molar-refractivity contribution in [2.75, 3.05) is 0 Å². The van der Waals surface area contributed by atoms with E-state index in [4.69, 9.17) is 6.42 Å². The Labute approximate surface area is 68.4 Å². The molecule has 1 rings (SSSR count). The molecule has 0 radical (unpaired) electrons. The molecule has 0 unspecified atom stereocenters. The van der Waals surface area contributed by atoms with E-state index in [1.807, 2.05) is 13.1 Å². The van der Waals surface area contributed by atoms with Crippen LogP contribution in [0.2, 0.25) is 0 Å². The molecule has 2 nitrogen and oxygen atoms in total. The van der Waals surface area contributed by atoms with E-state index in [9.17, 15) is 0 Å². The fraction of sp³-hybridized carbons (Fsp3) is 0.286. The summed E-state index contributed by atoms with van der Waals surface area (Å²) in [6.45, 7) is 0. The molecule has 52 valence electrons. The van der Waals surface area contributed by atoms with Crippen LogP contribution in [-0.4, -0.2) is 9.78 Å². The first kappa shape index (κ1) is 7.36. The van der Waals surface area contributed by atoms with Crippen molar-refractivity contribution in [3.8, 4) is 12.3 Å². The topological polar surface area (TPSA) is 17.8 Å². The van der Waals surface area contributed by atoms with Crippen molar-refractivity contribution in [3.63, 3.8) is 0 Å². The summed E-state index contributed by atoms with van der Waals surface area (Å²) in [5.41, 5.74) is 1.05. The molecule has 0 saturated carbocycles. The third-order valence-electron chi connectivity index (χ3n) is 1.23. The van der Waals surface area contributed by atoms with Gasteiger partial charge in [-0.05, 0) is 22.0 Å². The quantitative estimate of drug-likeness (QED) is 0.624. The summed E-state index contributed by atoms with van der Waals surface area (Å²) in [5.74, 6) is 2.56. The molecule has 0 aliphatic heterocycles. The molecule has 0 fully saturated rings. The highest BCUT2D eigenvalue weighted by molar-refractivity contribution is 9.10. The zero-order valence-corrected chi connectivity index (χ0v) is 7.22. The fourth-order valence-electron chi connectivity index (χ4n) is 0.737. The zero-order chi connectivity index (χ0) is 7.56. The first-order valence-electron chi connectivity index (χ1n) is 2.86. The predicted molar refractivity (Wildman–Crippen MR) is 43.4 cm³/mol. The van der Waals surface area contributed by atoms with Crippen molar-refractivity contribution in [1.82, 2.24) is 9.78 Å². The van der Waals surface area contributed by atoms with Gasteiger partial charge in [0.15, 0.2) is 0 Å². The maximum Gasteiger partial charge on any atom is 0.128 e. The number of halogens is 1. The number of terminal acetylenes is 1. The lowest BCUT2D eigenvalue weighted by molar-refractivity contribution is 0.725. The highest BCUT2D eigenvalue weighted by Gasteiger charge is 1.98. The van der Waals surface area contributed by atoms with Gasteiger partial charge in [0.05, 0.1) is 12.1 Å². The molecule has 0 N–H and O–H groups in total. The van der Waals surface area contributed by atoms with Crippen molar-refractivity contribution in [2.45, 2.75) is 6.42 Å². The van der Waals surface area contributed by atoms with Crippen molar-refractivity contribution in [2.24, 2.45) is 7.05 Å². The minimum Gasteiger partial charge on any atom is -0.271 e. The van der Waals surface area contributed by atoms with Gasteiger partial charge in [0.25, 0.3) is 0 Å². The van der Waals surface area contributed by atoms with Crippen LogP contribution in [0.5, 0.6) is 0 Å². The first-order chi connectivity index (χ1) is 4.74. The summed E-state index contributed by atoms with van der Waals surface area (Å²) in [6.07, 6.45) is 5.77. The van der Waals surface area contributed by atoms with E-state index in [1.54, 1.807) is 4.68 Å². The Morgan fingerprint density at radius 1 is 1.90 bits per heavy atom. The summed E-state index contributed by atoms with van der Waals surface area (Å²) in [7, 11) is 1.87. The maximum absolute atomic E-state index is 5.13. The molecule has 1 heterocycles. The minimum absolute atomic E-state index is 0.634. The molecule has 0 spiro atoms. The second-order valence-corrected chi connectivity index (χ2v) is 2.78. The average molecular weight is 199 g/mol. The maximum atomic E-state index is 5.13. The predicted octanol–water partition coefficient (Wildman–Crippen LogP) is 1.36. The molecule has 0 atom stereocenters. The molecule has 0 aliphatic carbocycles. The van der Waals surface area contributed by atoms with E-state index < -0.39 is 0 Å². The van der Waals surface area contributed by atoms with Crippen LogP contribution in [-0.2, 0) is 13.5 Å². The molecule has 0 amide bonds. The van der Waals surface area contributed by atoms with Crippen LogP contribution in [0.4, 0.5) is 0 Å². The van der Waals surface area contributed by atoms with Gasteiger partial charge in [-0.3, -0.25) is 4.68 Å². The molecule has 1 aromatic heterocycles. The number of hydrogen-bond donors (Lipinski definition) is 0. The number of hydrogen-bond acceptors (Lipinski definition) is 1. The highest BCUT2D eigenvalue weighted by Crippen LogP contribution is 2.08. The largest absolute Gasteiger partial charge is 0.271 e. The highest BCUT2D eigenvalue weighted by atomic mass is 79.9. The van der Waals surface area contributed by atoms with E-state index >= 15 is 0 Å². The molecule has 0 aromatic carbocycles. The van der Waals surface area contributed by atoms with Crippen LogP contribution in [0.1, 0.15) is 5.69 Å². The normalized spacial score (nSPS) is 9.30. The lowest BCUT2D eigenvalue weighted by Gasteiger charge is -1.92. The Morgan fingerprint density at radius 3 is 3.00 bits per heavy atom. The Kier molecular flexibility index (Phi) is 2.13. The van der Waals surface area contributed by atoms with Gasteiger partial charge in [-0.2, -0.15) is 5.10 Å². The molecular formula is C7H7BrN2. The van der Waals surface area contributed by atoms with Gasteiger partial charge in [-0.25, -0.2) is 0 Å². The van der Waals surface area contributed by atoms with Gasteiger partial charge in [-0.15, -0.1) is 12.3 Å². The average Bonchev–Trinajstić information content (AvgIpc) is 2.13. The molecule has 3 heteroatoms. The summed E-state index contributed by atoms with van der Waals surface area (Å²) in [6, 6.07) is 1.92. The molecule has 0 saturated heterocycles. The van der Waals surface area contributed by atoms with E-state index in [0.717, 1.165) is 10.3 Å². The van der Waals surface area contributed by atoms with E-state index in [1.165, 1.54) is 0 Å². The minimum atomic E-state index is 0.634. The van der Waals surface area contributed by atoms with Gasteiger partial charge < -0.3 is 0 Å². The van der Waals surface area contributed by atoms with Crippen molar-refractivity contribution >= 4 is 15.9 Å². The van der Waals surface area contributed by atoms with Crippen LogP contribution in [0.3, 0.4) is 0 Å². The molecular weight excluding hydrogens is 192 g/mol. The lowest BCUT2D eigenvalue weighted by atomic mass is 10.3. The van der Waals surface area contributed by atoms with Crippen LogP contribution < -0.4 is 0 Å². The van der Waals surface area contributed by atoms with Crippen LogP contribution >= 0.6 is 15.9 Å². The number of aryl methyl sites for hydroxylation is 1. The second-order valence-electron chi connectivity index (χ2n) is 1.96. The molecule has 10 heavy (non-hydrogen) atoms. The number of nitrogens with zero attached hydrogens (tertiary/aromatic N) is 2. The third kappa shape index (κ3) is 1.39. The molecule has 0 bridgehead atoms. The van der Waals surface area contributed by atoms with Crippen molar-refractivity contribution < 1.29 is 0 Å². The van der Waals surface area contributed by atoms with Crippen molar-refractivity contribution in [3.05, 3.63) is 16.4 Å². The van der Waals surface area contributed by atoms with Gasteiger partial charge in [0.1, 0.15) is 4.60 Å². The summed E-state index contributed by atoms with van der Waals surface area (Å²) < 4.78 is 2.60. The summed E-state index contributed by atoms with van der Waals surface area (Å²) in [5, 5.41) is 4.07. The van der Waals surface area contributed by atoms with Gasteiger partial charge in [-0.1, -0.05) is 0 Å². The first-order valence-corrected chi connectivity index (χ1v) is 3.65. The number of aromatic nitrogens is 2. The van der Waals surface area contributed by atoms with Crippen LogP contribution in [0.25, 0.3) is 0 Å². The summed E-state index contributed by atoms with van der Waals surface area (Å²) in [4.78, 5) is 0. The third-order valence-corrected chi connectivity index (χ3v) is 1.62. The second kappa shape index (κ2) is 2.89. The standard InChI is InChI=1S/C7H7BrN2/c1-3-4-6-5-7(8)9-10(6)2/h1,5H,4H2,2H3. The van der Waals surface area contributed by atoms with Crippen LogP contribution in [0.15, 0.2) is 10.7 Å². The molecule has 1 aromatic rings. The Hall–Kier alpha value is -0.750. The fourth-order valence-corrected chi connectivity index (χ4v) is 1.24. The van der Waals surface area contributed by atoms with E-state index in [0.29, 0.717) is 6.42 Å². The van der Waals surface area contributed by atoms with E-state index in [-0.39, 0.29) is 0 Å². The van der Waals surface area contributed by atoms with Crippen molar-refractivity contribution in [1.29, 1.82) is 0 Å².